The molecule has 0 unspecified atom stereocenters. The fourth-order valence-corrected chi connectivity index (χ4v) is 2.89. The van der Waals surface area contributed by atoms with Gasteiger partial charge in [-0.3, -0.25) is 0 Å². The van der Waals surface area contributed by atoms with Gasteiger partial charge in [0.2, 0.25) is 0 Å². The molecule has 0 N–H and O–H groups in total. The van der Waals surface area contributed by atoms with Crippen molar-refractivity contribution in [2.24, 2.45) is 7.05 Å². The van der Waals surface area contributed by atoms with Crippen molar-refractivity contribution in [1.29, 1.82) is 0 Å². The number of rotatable bonds is 2. The normalized spacial score (nSPS) is 19.0. The minimum atomic E-state index is 0.281. The van der Waals surface area contributed by atoms with Gasteiger partial charge in [0.25, 0.3) is 0 Å². The fraction of sp³-hybridized carbons (Fsp3) is 0.500. The van der Waals surface area contributed by atoms with Gasteiger partial charge in [-0.05, 0) is 26.0 Å². The van der Waals surface area contributed by atoms with Crippen LogP contribution in [0.15, 0.2) is 12.1 Å². The Kier molecular flexibility index (Phi) is 3.82. The molecule has 0 saturated carbocycles. The van der Waals surface area contributed by atoms with Crippen LogP contribution in [-0.4, -0.2) is 45.8 Å². The third-order valence-corrected chi connectivity index (χ3v) is 3.90. The molecule has 1 atom stereocenters. The standard InChI is InChI=1S/C14H18ClN5O/c1-9-8-21-5-4-20(9)13-7-11(6-12(15)16-13)14-10(2)17-18-19(14)3/h6-7,9H,4-5,8H2,1-3H3/t9-/m1/s1. The van der Waals surface area contributed by atoms with Gasteiger partial charge in [0, 0.05) is 19.2 Å². The monoisotopic (exact) mass is 307 g/mol. The summed E-state index contributed by atoms with van der Waals surface area (Å²) in [5.74, 6) is 0.869. The Balaban J connectivity index is 2.04. The molecular formula is C14H18ClN5O. The van der Waals surface area contributed by atoms with E-state index in [0.717, 1.165) is 29.3 Å². The summed E-state index contributed by atoms with van der Waals surface area (Å²) in [7, 11) is 1.88. The second kappa shape index (κ2) is 5.61. The molecule has 112 valence electrons. The third kappa shape index (κ3) is 2.73. The lowest BCUT2D eigenvalue weighted by molar-refractivity contribution is 0.0985. The molecule has 0 spiro atoms. The van der Waals surface area contributed by atoms with Crippen molar-refractivity contribution in [2.45, 2.75) is 19.9 Å². The summed E-state index contributed by atoms with van der Waals surface area (Å²) >= 11 is 6.22. The van der Waals surface area contributed by atoms with Gasteiger partial charge in [-0.1, -0.05) is 16.8 Å². The first-order chi connectivity index (χ1) is 10.1. The minimum absolute atomic E-state index is 0.281. The van der Waals surface area contributed by atoms with E-state index in [9.17, 15) is 0 Å². The Morgan fingerprint density at radius 3 is 2.86 bits per heavy atom. The molecule has 1 saturated heterocycles. The number of halogens is 1. The summed E-state index contributed by atoms with van der Waals surface area (Å²) in [6.45, 7) is 6.29. The zero-order valence-corrected chi connectivity index (χ0v) is 13.1. The molecule has 0 amide bonds. The van der Waals surface area contributed by atoms with Gasteiger partial charge >= 0.3 is 0 Å². The number of nitrogens with zero attached hydrogens (tertiary/aromatic N) is 5. The molecule has 1 aliphatic rings. The topological polar surface area (TPSA) is 56.1 Å². The highest BCUT2D eigenvalue weighted by Gasteiger charge is 2.22. The van der Waals surface area contributed by atoms with Crippen LogP contribution in [0, 0.1) is 6.92 Å². The molecule has 7 heteroatoms. The molecule has 0 aromatic carbocycles. The lowest BCUT2D eigenvalue weighted by atomic mass is 10.1. The number of aromatic nitrogens is 4. The largest absolute Gasteiger partial charge is 0.377 e. The quantitative estimate of drug-likeness (QED) is 0.795. The molecule has 6 nitrogen and oxygen atoms in total. The molecule has 21 heavy (non-hydrogen) atoms. The summed E-state index contributed by atoms with van der Waals surface area (Å²) in [6, 6.07) is 4.17. The maximum absolute atomic E-state index is 6.22. The van der Waals surface area contributed by atoms with Crippen molar-refractivity contribution < 1.29 is 4.74 Å². The van der Waals surface area contributed by atoms with Crippen LogP contribution in [0.25, 0.3) is 11.3 Å². The number of pyridine rings is 1. The molecule has 3 rings (SSSR count). The van der Waals surface area contributed by atoms with Crippen molar-refractivity contribution in [3.05, 3.63) is 23.0 Å². The minimum Gasteiger partial charge on any atom is -0.377 e. The molecule has 1 fully saturated rings. The van der Waals surface area contributed by atoms with E-state index in [1.54, 1.807) is 4.68 Å². The highest BCUT2D eigenvalue weighted by Crippen LogP contribution is 2.29. The third-order valence-electron chi connectivity index (χ3n) is 3.71. The van der Waals surface area contributed by atoms with E-state index in [2.05, 4.69) is 27.1 Å². The van der Waals surface area contributed by atoms with Crippen LogP contribution >= 0.6 is 11.6 Å². The Hall–Kier alpha value is -1.66. The van der Waals surface area contributed by atoms with Crippen molar-refractivity contribution in [3.63, 3.8) is 0 Å². The van der Waals surface area contributed by atoms with Crippen LogP contribution in [0.3, 0.4) is 0 Å². The smallest absolute Gasteiger partial charge is 0.132 e. The van der Waals surface area contributed by atoms with E-state index in [1.807, 2.05) is 26.1 Å². The molecule has 0 bridgehead atoms. The zero-order chi connectivity index (χ0) is 15.0. The molecular weight excluding hydrogens is 290 g/mol. The predicted molar refractivity (Wildman–Crippen MR) is 81.6 cm³/mol. The van der Waals surface area contributed by atoms with Gasteiger partial charge < -0.3 is 9.64 Å². The maximum atomic E-state index is 6.22. The van der Waals surface area contributed by atoms with E-state index in [-0.39, 0.29) is 6.04 Å². The number of hydrogen-bond donors (Lipinski definition) is 0. The van der Waals surface area contributed by atoms with Gasteiger partial charge in [-0.15, -0.1) is 5.10 Å². The number of aryl methyl sites for hydroxylation is 2. The first-order valence-electron chi connectivity index (χ1n) is 6.95. The average Bonchev–Trinajstić information content (AvgIpc) is 2.78. The van der Waals surface area contributed by atoms with Gasteiger partial charge in [-0.2, -0.15) is 0 Å². The lowest BCUT2D eigenvalue weighted by Gasteiger charge is -2.34. The van der Waals surface area contributed by atoms with E-state index in [4.69, 9.17) is 16.3 Å². The van der Waals surface area contributed by atoms with E-state index in [1.165, 1.54) is 0 Å². The SMILES string of the molecule is Cc1nnn(C)c1-c1cc(Cl)nc(N2CCOC[C@H]2C)c1. The molecule has 0 aliphatic carbocycles. The first-order valence-corrected chi connectivity index (χ1v) is 7.32. The van der Waals surface area contributed by atoms with Crippen LogP contribution < -0.4 is 4.90 Å². The van der Waals surface area contributed by atoms with Crippen LogP contribution in [-0.2, 0) is 11.8 Å². The van der Waals surface area contributed by atoms with E-state index < -0.39 is 0 Å². The second-order valence-corrected chi connectivity index (χ2v) is 5.69. The summed E-state index contributed by atoms with van der Waals surface area (Å²) < 4.78 is 7.24. The summed E-state index contributed by atoms with van der Waals surface area (Å²) in [5, 5.41) is 8.62. The summed E-state index contributed by atoms with van der Waals surface area (Å²) in [6.07, 6.45) is 0. The Bertz CT molecular complexity index is 637. The molecule has 3 heterocycles. The van der Waals surface area contributed by atoms with E-state index in [0.29, 0.717) is 18.4 Å². The van der Waals surface area contributed by atoms with Gasteiger partial charge in [-0.25, -0.2) is 9.67 Å². The van der Waals surface area contributed by atoms with Crippen molar-refractivity contribution >= 4 is 17.4 Å². The predicted octanol–water partition coefficient (Wildman–Crippen LogP) is 2.06. The highest BCUT2D eigenvalue weighted by atomic mass is 35.5. The van der Waals surface area contributed by atoms with Crippen LogP contribution in [0.1, 0.15) is 12.6 Å². The number of hydrogen-bond acceptors (Lipinski definition) is 5. The molecule has 1 aliphatic heterocycles. The Labute approximate surface area is 128 Å². The summed E-state index contributed by atoms with van der Waals surface area (Å²) in [5.41, 5.74) is 2.82. The van der Waals surface area contributed by atoms with Crippen LogP contribution in [0.2, 0.25) is 5.15 Å². The fourth-order valence-electron chi connectivity index (χ4n) is 2.69. The molecule has 2 aromatic heterocycles. The molecule has 0 radical (unpaired) electrons. The van der Waals surface area contributed by atoms with Crippen LogP contribution in [0.4, 0.5) is 5.82 Å². The first kappa shape index (κ1) is 14.3. The Morgan fingerprint density at radius 2 is 2.19 bits per heavy atom. The van der Waals surface area contributed by atoms with Gasteiger partial charge in [0.05, 0.1) is 30.6 Å². The van der Waals surface area contributed by atoms with Crippen LogP contribution in [0.5, 0.6) is 0 Å². The van der Waals surface area contributed by atoms with Crippen molar-refractivity contribution in [1.82, 2.24) is 20.0 Å². The number of anilines is 1. The Morgan fingerprint density at radius 1 is 1.38 bits per heavy atom. The maximum Gasteiger partial charge on any atom is 0.132 e. The summed E-state index contributed by atoms with van der Waals surface area (Å²) in [4.78, 5) is 6.68. The number of morpholine rings is 1. The highest BCUT2D eigenvalue weighted by molar-refractivity contribution is 6.29. The average molecular weight is 308 g/mol. The molecule has 2 aromatic rings. The van der Waals surface area contributed by atoms with E-state index >= 15 is 0 Å². The zero-order valence-electron chi connectivity index (χ0n) is 12.4. The second-order valence-electron chi connectivity index (χ2n) is 5.30. The van der Waals surface area contributed by atoms with Gasteiger partial charge in [0.1, 0.15) is 11.0 Å². The van der Waals surface area contributed by atoms with Gasteiger partial charge in [0.15, 0.2) is 0 Å². The van der Waals surface area contributed by atoms with Crippen molar-refractivity contribution in [3.8, 4) is 11.3 Å². The van der Waals surface area contributed by atoms with Crippen molar-refractivity contribution in [2.75, 3.05) is 24.7 Å². The number of ether oxygens (including phenoxy) is 1. The lowest BCUT2D eigenvalue weighted by Crippen LogP contribution is -2.44.